The summed E-state index contributed by atoms with van der Waals surface area (Å²) < 4.78 is 5.41. The molecule has 1 aliphatic heterocycles. The van der Waals surface area contributed by atoms with Gasteiger partial charge in [0.1, 0.15) is 5.75 Å². The Bertz CT molecular complexity index is 567. The lowest BCUT2D eigenvalue weighted by molar-refractivity contribution is -0.137. The van der Waals surface area contributed by atoms with E-state index in [1.165, 1.54) is 16.7 Å². The normalized spacial score (nSPS) is 18.5. The van der Waals surface area contributed by atoms with E-state index in [1.54, 1.807) is 7.11 Å². The van der Waals surface area contributed by atoms with Crippen molar-refractivity contribution in [2.75, 3.05) is 33.3 Å². The van der Waals surface area contributed by atoms with Crippen LogP contribution in [0, 0.1) is 19.8 Å². The van der Waals surface area contributed by atoms with Crippen LogP contribution in [0.3, 0.4) is 0 Å². The van der Waals surface area contributed by atoms with Crippen LogP contribution in [0.25, 0.3) is 0 Å². The van der Waals surface area contributed by atoms with Crippen molar-refractivity contribution in [1.29, 1.82) is 0 Å². The predicted octanol–water partition coefficient (Wildman–Crippen LogP) is 3.39. The van der Waals surface area contributed by atoms with E-state index in [0.717, 1.165) is 51.3 Å². The lowest BCUT2D eigenvalue weighted by Gasteiger charge is -2.35. The number of rotatable bonds is 6. The second-order valence-corrected chi connectivity index (χ2v) is 6.76. The molecule has 0 aliphatic carbocycles. The van der Waals surface area contributed by atoms with E-state index < -0.39 is 0 Å². The van der Waals surface area contributed by atoms with Crippen molar-refractivity contribution >= 4 is 5.91 Å². The van der Waals surface area contributed by atoms with Crippen molar-refractivity contribution < 1.29 is 9.53 Å². The van der Waals surface area contributed by atoms with Gasteiger partial charge in [-0.05, 0) is 69.8 Å². The number of nitrogens with zero attached hydrogens (tertiary/aromatic N) is 2. The van der Waals surface area contributed by atoms with E-state index in [0.29, 0.717) is 5.91 Å². The van der Waals surface area contributed by atoms with Crippen molar-refractivity contribution in [3.05, 3.63) is 28.8 Å². The highest BCUT2D eigenvalue weighted by molar-refractivity contribution is 5.79. The topological polar surface area (TPSA) is 32.8 Å². The number of benzene rings is 1. The van der Waals surface area contributed by atoms with Crippen molar-refractivity contribution in [1.82, 2.24) is 9.80 Å². The first-order chi connectivity index (χ1) is 11.5. The average Bonchev–Trinajstić information content (AvgIpc) is 2.60. The van der Waals surface area contributed by atoms with Gasteiger partial charge in [-0.25, -0.2) is 0 Å². The van der Waals surface area contributed by atoms with Gasteiger partial charge in [-0.2, -0.15) is 0 Å². The Morgan fingerprint density at radius 3 is 2.58 bits per heavy atom. The minimum absolute atomic E-state index is 0.151. The monoisotopic (exact) mass is 332 g/mol. The van der Waals surface area contributed by atoms with Crippen LogP contribution in [0.15, 0.2) is 12.1 Å². The third-order valence-electron chi connectivity index (χ3n) is 5.39. The Hall–Kier alpha value is -1.55. The summed E-state index contributed by atoms with van der Waals surface area (Å²) in [5.74, 6) is 1.43. The molecule has 0 radical (unpaired) electrons. The fraction of sp³-hybridized carbons (Fsp3) is 0.650. The summed E-state index contributed by atoms with van der Waals surface area (Å²) in [5, 5.41) is 0. The molecule has 0 aromatic heterocycles. The van der Waals surface area contributed by atoms with Crippen molar-refractivity contribution in [3.63, 3.8) is 0 Å². The predicted molar refractivity (Wildman–Crippen MR) is 98.4 cm³/mol. The molecule has 0 saturated carbocycles. The van der Waals surface area contributed by atoms with Gasteiger partial charge in [0.25, 0.3) is 0 Å². The summed E-state index contributed by atoms with van der Waals surface area (Å²) in [7, 11) is 1.72. The van der Waals surface area contributed by atoms with E-state index in [1.807, 2.05) is 4.90 Å². The van der Waals surface area contributed by atoms with Crippen LogP contribution in [0.4, 0.5) is 0 Å². The molecule has 1 saturated heterocycles. The fourth-order valence-electron chi connectivity index (χ4n) is 3.68. The van der Waals surface area contributed by atoms with E-state index in [4.69, 9.17) is 4.74 Å². The van der Waals surface area contributed by atoms with Gasteiger partial charge in [-0.15, -0.1) is 0 Å². The second-order valence-electron chi connectivity index (χ2n) is 6.76. The largest absolute Gasteiger partial charge is 0.496 e. The highest BCUT2D eigenvalue weighted by atomic mass is 16.5. The van der Waals surface area contributed by atoms with Gasteiger partial charge < -0.3 is 9.64 Å². The van der Waals surface area contributed by atoms with Crippen LogP contribution in [-0.2, 0) is 11.3 Å². The van der Waals surface area contributed by atoms with E-state index >= 15 is 0 Å². The fourth-order valence-corrected chi connectivity index (χ4v) is 3.68. The molecule has 1 aliphatic rings. The summed E-state index contributed by atoms with van der Waals surface area (Å²) in [6.07, 6.45) is 2.12. The number of hydrogen-bond acceptors (Lipinski definition) is 3. The molecule has 0 bridgehead atoms. The molecule has 0 spiro atoms. The first kappa shape index (κ1) is 18.8. The van der Waals surface area contributed by atoms with Gasteiger partial charge in [0.15, 0.2) is 0 Å². The molecule has 1 atom stereocenters. The highest BCUT2D eigenvalue weighted by Gasteiger charge is 2.28. The smallest absolute Gasteiger partial charge is 0.226 e. The lowest BCUT2D eigenvalue weighted by Crippen LogP contribution is -2.44. The number of amides is 1. The zero-order valence-corrected chi connectivity index (χ0v) is 15.9. The minimum atomic E-state index is 0.151. The first-order valence-electron chi connectivity index (χ1n) is 9.15. The summed E-state index contributed by atoms with van der Waals surface area (Å²) in [4.78, 5) is 17.0. The van der Waals surface area contributed by atoms with Crippen molar-refractivity contribution in [3.8, 4) is 5.75 Å². The number of methoxy groups -OCH3 is 1. The van der Waals surface area contributed by atoms with Gasteiger partial charge in [0.2, 0.25) is 5.91 Å². The molecule has 24 heavy (non-hydrogen) atoms. The van der Waals surface area contributed by atoms with E-state index in [-0.39, 0.29) is 5.92 Å². The van der Waals surface area contributed by atoms with Crippen LogP contribution >= 0.6 is 0 Å². The standard InChI is InChI=1S/C20H32N2O2/c1-6-22(7-2)20(23)18-9-8-12-21(14-18)13-17-10-11-19(24-5)16(4)15(17)3/h10-11,18H,6-9,12-14H2,1-5H3/t18-/m1/s1. The summed E-state index contributed by atoms with van der Waals surface area (Å²) in [6.45, 7) is 12.9. The number of ether oxygens (including phenoxy) is 1. The highest BCUT2D eigenvalue weighted by Crippen LogP contribution is 2.26. The zero-order valence-electron chi connectivity index (χ0n) is 15.9. The maximum Gasteiger partial charge on any atom is 0.226 e. The molecule has 1 aromatic rings. The van der Waals surface area contributed by atoms with Crippen LogP contribution < -0.4 is 4.74 Å². The zero-order chi connectivity index (χ0) is 17.7. The Morgan fingerprint density at radius 2 is 1.96 bits per heavy atom. The van der Waals surface area contributed by atoms with Crippen LogP contribution in [0.5, 0.6) is 5.75 Å². The minimum Gasteiger partial charge on any atom is -0.496 e. The number of hydrogen-bond donors (Lipinski definition) is 0. The second kappa shape index (κ2) is 8.52. The maximum atomic E-state index is 12.6. The lowest BCUT2D eigenvalue weighted by atomic mass is 9.95. The van der Waals surface area contributed by atoms with Crippen LogP contribution in [-0.4, -0.2) is 49.0 Å². The molecule has 4 nitrogen and oxygen atoms in total. The van der Waals surface area contributed by atoms with Gasteiger partial charge in [0.05, 0.1) is 13.0 Å². The van der Waals surface area contributed by atoms with E-state index in [2.05, 4.69) is 44.7 Å². The Morgan fingerprint density at radius 1 is 1.25 bits per heavy atom. The molecule has 1 amide bonds. The van der Waals surface area contributed by atoms with E-state index in [9.17, 15) is 4.79 Å². The average molecular weight is 332 g/mol. The molecule has 2 rings (SSSR count). The first-order valence-corrected chi connectivity index (χ1v) is 9.15. The Balaban J connectivity index is 2.06. The SMILES string of the molecule is CCN(CC)C(=O)[C@@H]1CCCN(Cc2ccc(OC)c(C)c2C)C1. The molecule has 1 aromatic carbocycles. The number of piperidine rings is 1. The quantitative estimate of drug-likeness (QED) is 0.800. The summed E-state index contributed by atoms with van der Waals surface area (Å²) >= 11 is 0. The van der Waals surface area contributed by atoms with Crippen LogP contribution in [0.2, 0.25) is 0 Å². The third-order valence-corrected chi connectivity index (χ3v) is 5.39. The molecule has 0 N–H and O–H groups in total. The van der Waals surface area contributed by atoms with Crippen LogP contribution in [0.1, 0.15) is 43.4 Å². The molecule has 134 valence electrons. The summed E-state index contributed by atoms with van der Waals surface area (Å²) in [5.41, 5.74) is 3.85. The maximum absolute atomic E-state index is 12.6. The van der Waals surface area contributed by atoms with Gasteiger partial charge in [0, 0.05) is 26.2 Å². The van der Waals surface area contributed by atoms with Gasteiger partial charge in [-0.3, -0.25) is 9.69 Å². The van der Waals surface area contributed by atoms with Gasteiger partial charge in [-0.1, -0.05) is 6.07 Å². The van der Waals surface area contributed by atoms with Crippen molar-refractivity contribution in [2.24, 2.45) is 5.92 Å². The Labute approximate surface area is 146 Å². The molecule has 0 unspecified atom stereocenters. The molecule has 4 heteroatoms. The van der Waals surface area contributed by atoms with Gasteiger partial charge >= 0.3 is 0 Å². The Kier molecular flexibility index (Phi) is 6.67. The molecular formula is C20H32N2O2. The number of likely N-dealkylation sites (tertiary alicyclic amines) is 1. The number of carbonyl (C=O) groups is 1. The van der Waals surface area contributed by atoms with Crippen molar-refractivity contribution in [2.45, 2.75) is 47.1 Å². The summed E-state index contributed by atoms with van der Waals surface area (Å²) in [6, 6.07) is 4.22. The molecule has 1 fully saturated rings. The molecular weight excluding hydrogens is 300 g/mol. The third kappa shape index (κ3) is 4.10. The molecule has 1 heterocycles. The number of carbonyl (C=O) groups excluding carboxylic acids is 1.